The van der Waals surface area contributed by atoms with Gasteiger partial charge in [0, 0.05) is 60.2 Å². The summed E-state index contributed by atoms with van der Waals surface area (Å²) in [7, 11) is 0. The molecule has 0 aliphatic heterocycles. The van der Waals surface area contributed by atoms with Gasteiger partial charge in [0.15, 0.2) is 0 Å². The van der Waals surface area contributed by atoms with Gasteiger partial charge in [0.05, 0.1) is 33.3 Å². The topological polar surface area (TPSA) is 25.7 Å². The fourth-order valence-electron chi connectivity index (χ4n) is 9.81. The van der Waals surface area contributed by atoms with Gasteiger partial charge in [-0.15, -0.1) is 0 Å². The molecule has 270 valence electrons. The molecule has 0 N–H and O–H groups in total. The standard InChI is InChI=1S/C54H33N3O/c1-2-13-35(14-3-1)56-46-21-9-5-17-42(46)52-38(19-12-23-48(52)56)34-25-27-36(28-26-34)55(37-29-32-51-44(33-37)40-16-7-11-24-50(40)58-51)49-31-30-41-39-15-4-8-20-45(39)57-47-22-10-6-18-43(47)53(49)54(41)57/h1-33H. The third kappa shape index (κ3) is 4.29. The molecule has 4 heteroatoms. The van der Waals surface area contributed by atoms with Crippen molar-refractivity contribution in [1.82, 2.24) is 8.97 Å². The summed E-state index contributed by atoms with van der Waals surface area (Å²) in [6.07, 6.45) is 0. The van der Waals surface area contributed by atoms with E-state index in [4.69, 9.17) is 4.42 Å². The lowest BCUT2D eigenvalue weighted by molar-refractivity contribution is 0.669. The average Bonchev–Trinajstić information content (AvgIpc) is 4.03. The summed E-state index contributed by atoms with van der Waals surface area (Å²) in [5.41, 5.74) is 14.7. The minimum absolute atomic E-state index is 0.883. The number of aromatic nitrogens is 2. The molecule has 0 unspecified atom stereocenters. The molecule has 9 aromatic carbocycles. The molecular weight excluding hydrogens is 707 g/mol. The van der Waals surface area contributed by atoms with Crippen molar-refractivity contribution in [3.63, 3.8) is 0 Å². The number of hydrogen-bond donors (Lipinski definition) is 0. The molecule has 4 heterocycles. The van der Waals surface area contributed by atoms with Gasteiger partial charge in [0.2, 0.25) is 0 Å². The molecule has 4 aromatic heterocycles. The predicted octanol–water partition coefficient (Wildman–Crippen LogP) is 15.0. The van der Waals surface area contributed by atoms with Crippen LogP contribution in [0.25, 0.3) is 98.7 Å². The molecule has 13 rings (SSSR count). The van der Waals surface area contributed by atoms with E-state index in [1.165, 1.54) is 71.0 Å². The number of hydrogen-bond acceptors (Lipinski definition) is 2. The molecule has 0 atom stereocenters. The molecule has 0 spiro atoms. The molecule has 58 heavy (non-hydrogen) atoms. The molecule has 0 saturated heterocycles. The molecule has 4 nitrogen and oxygen atoms in total. The highest BCUT2D eigenvalue weighted by Gasteiger charge is 2.25. The molecule has 0 saturated carbocycles. The molecular formula is C54H33N3O. The van der Waals surface area contributed by atoms with Crippen LogP contribution in [-0.2, 0) is 0 Å². The summed E-state index contributed by atoms with van der Waals surface area (Å²) in [5.74, 6) is 0. The lowest BCUT2D eigenvalue weighted by atomic mass is 9.98. The Kier molecular flexibility index (Phi) is 6.41. The Morgan fingerprint density at radius 3 is 1.81 bits per heavy atom. The number of nitrogens with zero attached hydrogens (tertiary/aromatic N) is 3. The van der Waals surface area contributed by atoms with E-state index in [0.29, 0.717) is 0 Å². The lowest BCUT2D eigenvalue weighted by Crippen LogP contribution is -2.10. The monoisotopic (exact) mass is 739 g/mol. The maximum atomic E-state index is 6.33. The van der Waals surface area contributed by atoms with E-state index >= 15 is 0 Å². The largest absolute Gasteiger partial charge is 0.456 e. The summed E-state index contributed by atoms with van der Waals surface area (Å²) in [6, 6.07) is 72.5. The van der Waals surface area contributed by atoms with Crippen molar-refractivity contribution < 1.29 is 4.42 Å². The predicted molar refractivity (Wildman–Crippen MR) is 243 cm³/mol. The van der Waals surface area contributed by atoms with Crippen LogP contribution < -0.4 is 4.90 Å². The minimum Gasteiger partial charge on any atom is -0.456 e. The number of furan rings is 1. The Morgan fingerprint density at radius 1 is 0.379 bits per heavy atom. The number of benzene rings is 9. The van der Waals surface area contributed by atoms with Crippen LogP contribution in [0.1, 0.15) is 0 Å². The second-order valence-corrected chi connectivity index (χ2v) is 15.3. The van der Waals surface area contributed by atoms with Gasteiger partial charge in [-0.2, -0.15) is 0 Å². The van der Waals surface area contributed by atoms with Crippen LogP contribution in [0.3, 0.4) is 0 Å². The highest BCUT2D eigenvalue weighted by Crippen LogP contribution is 2.48. The van der Waals surface area contributed by atoms with Crippen molar-refractivity contribution in [1.29, 1.82) is 0 Å². The highest BCUT2D eigenvalue weighted by atomic mass is 16.3. The number of rotatable bonds is 5. The smallest absolute Gasteiger partial charge is 0.135 e. The molecule has 0 fully saturated rings. The zero-order valence-electron chi connectivity index (χ0n) is 31.3. The highest BCUT2D eigenvalue weighted by molar-refractivity contribution is 6.27. The molecule has 0 aliphatic rings. The molecule has 0 aliphatic carbocycles. The van der Waals surface area contributed by atoms with Crippen molar-refractivity contribution in [2.45, 2.75) is 0 Å². The fourth-order valence-corrected chi connectivity index (χ4v) is 9.81. The summed E-state index contributed by atoms with van der Waals surface area (Å²) in [5, 5.41) is 9.72. The van der Waals surface area contributed by atoms with Crippen molar-refractivity contribution >= 4 is 98.9 Å². The zero-order chi connectivity index (χ0) is 37.9. The van der Waals surface area contributed by atoms with Gasteiger partial charge in [-0.05, 0) is 90.0 Å². The van der Waals surface area contributed by atoms with Gasteiger partial charge in [0.1, 0.15) is 11.2 Å². The maximum absolute atomic E-state index is 6.33. The van der Waals surface area contributed by atoms with Gasteiger partial charge >= 0.3 is 0 Å². The van der Waals surface area contributed by atoms with E-state index in [-0.39, 0.29) is 0 Å². The van der Waals surface area contributed by atoms with E-state index in [1.807, 2.05) is 12.1 Å². The van der Waals surface area contributed by atoms with Crippen molar-refractivity contribution in [3.8, 4) is 16.8 Å². The summed E-state index contributed by atoms with van der Waals surface area (Å²) in [4.78, 5) is 2.44. The van der Waals surface area contributed by atoms with Crippen LogP contribution in [-0.4, -0.2) is 8.97 Å². The Hall–Kier alpha value is -7.82. The Bertz CT molecular complexity index is 3740. The average molecular weight is 740 g/mol. The maximum Gasteiger partial charge on any atom is 0.135 e. The first-order valence-electron chi connectivity index (χ1n) is 19.9. The molecule has 0 bridgehead atoms. The van der Waals surface area contributed by atoms with Crippen LogP contribution in [0.5, 0.6) is 0 Å². The van der Waals surface area contributed by atoms with Crippen LogP contribution in [0, 0.1) is 0 Å². The fraction of sp³-hybridized carbons (Fsp3) is 0. The summed E-state index contributed by atoms with van der Waals surface area (Å²) in [6.45, 7) is 0. The third-order valence-corrected chi connectivity index (χ3v) is 12.2. The second kappa shape index (κ2) is 11.8. The first-order chi connectivity index (χ1) is 28.8. The SMILES string of the molecule is c1ccc(-n2c3ccccc3c3c(-c4ccc(N(c5ccc6oc7ccccc7c6c5)c5ccc6c7ccccc7n7c8ccccc8c5c67)cc4)cccc32)cc1. The quantitative estimate of drug-likeness (QED) is 0.176. The van der Waals surface area contributed by atoms with Crippen LogP contribution >= 0.6 is 0 Å². The first kappa shape index (κ1) is 31.4. The van der Waals surface area contributed by atoms with E-state index in [0.717, 1.165) is 44.7 Å². The van der Waals surface area contributed by atoms with Gasteiger partial charge in [0.25, 0.3) is 0 Å². The minimum atomic E-state index is 0.883. The molecule has 0 amide bonds. The summed E-state index contributed by atoms with van der Waals surface area (Å²) < 4.78 is 11.2. The van der Waals surface area contributed by atoms with E-state index in [1.54, 1.807) is 0 Å². The number of anilines is 3. The second-order valence-electron chi connectivity index (χ2n) is 15.3. The van der Waals surface area contributed by atoms with E-state index in [9.17, 15) is 0 Å². The number of fused-ring (bicyclic) bond motifs is 12. The van der Waals surface area contributed by atoms with Crippen LogP contribution in [0.4, 0.5) is 17.1 Å². The van der Waals surface area contributed by atoms with Gasteiger partial charge in [-0.1, -0.05) is 121 Å². The van der Waals surface area contributed by atoms with Gasteiger partial charge in [-0.25, -0.2) is 0 Å². The Balaban J connectivity index is 1.06. The van der Waals surface area contributed by atoms with Crippen LogP contribution in [0.2, 0.25) is 0 Å². The molecule has 0 radical (unpaired) electrons. The normalized spacial score (nSPS) is 12.1. The van der Waals surface area contributed by atoms with E-state index in [2.05, 4.69) is 202 Å². The Morgan fingerprint density at radius 2 is 1.00 bits per heavy atom. The lowest BCUT2D eigenvalue weighted by Gasteiger charge is -2.27. The molecule has 13 aromatic rings. The van der Waals surface area contributed by atoms with Gasteiger partial charge in [-0.3, -0.25) is 0 Å². The number of para-hydroxylation sites is 5. The van der Waals surface area contributed by atoms with Crippen molar-refractivity contribution in [2.75, 3.05) is 4.90 Å². The Labute approximate surface area is 333 Å². The third-order valence-electron chi connectivity index (χ3n) is 12.2. The van der Waals surface area contributed by atoms with Crippen LogP contribution in [0.15, 0.2) is 205 Å². The van der Waals surface area contributed by atoms with E-state index < -0.39 is 0 Å². The zero-order valence-corrected chi connectivity index (χ0v) is 31.3. The first-order valence-corrected chi connectivity index (χ1v) is 19.9. The van der Waals surface area contributed by atoms with Gasteiger partial charge < -0.3 is 18.3 Å². The summed E-state index contributed by atoms with van der Waals surface area (Å²) >= 11 is 0. The van der Waals surface area contributed by atoms with Crippen molar-refractivity contribution in [2.24, 2.45) is 0 Å². The van der Waals surface area contributed by atoms with Crippen molar-refractivity contribution in [3.05, 3.63) is 200 Å².